The molecule has 0 fully saturated rings. The minimum absolute atomic E-state index is 0.0558. The summed E-state index contributed by atoms with van der Waals surface area (Å²) < 4.78 is 0. The third kappa shape index (κ3) is 3.96. The zero-order valence-electron chi connectivity index (χ0n) is 12.0. The molecule has 2 rings (SSSR count). The molecule has 0 aromatic carbocycles. The lowest BCUT2D eigenvalue weighted by Gasteiger charge is -2.20. The molecule has 1 aromatic rings. The molecule has 0 bridgehead atoms. The van der Waals surface area contributed by atoms with E-state index in [0.717, 1.165) is 0 Å². The number of allylic oxidation sites excluding steroid dienone is 4. The van der Waals surface area contributed by atoms with Crippen LogP contribution in [0.3, 0.4) is 0 Å². The monoisotopic (exact) mass is 277 g/mol. The summed E-state index contributed by atoms with van der Waals surface area (Å²) in [7, 11) is 0. The fraction of sp³-hybridized carbons (Fsp3) is 0.235. The molecule has 0 spiro atoms. The summed E-state index contributed by atoms with van der Waals surface area (Å²) in [5.74, 6) is 8.54. The van der Waals surface area contributed by atoms with Gasteiger partial charge in [-0.1, -0.05) is 31.8 Å². The highest BCUT2D eigenvalue weighted by Gasteiger charge is 2.27. The summed E-state index contributed by atoms with van der Waals surface area (Å²) in [5.41, 5.74) is -0.751. The molecule has 1 aliphatic carbocycles. The van der Waals surface area contributed by atoms with E-state index < -0.39 is 5.41 Å². The number of nitriles is 1. The largest absolute Gasteiger partial charge is 0.338 e. The molecule has 1 N–H and O–H groups in total. The fourth-order valence-corrected chi connectivity index (χ4v) is 1.64. The average Bonchev–Trinajstić information content (AvgIpc) is 3.04. The molecular weight excluding hydrogens is 262 g/mol. The highest BCUT2D eigenvalue weighted by molar-refractivity contribution is 6.08. The van der Waals surface area contributed by atoms with Crippen molar-refractivity contribution in [3.05, 3.63) is 42.0 Å². The quantitative estimate of drug-likeness (QED) is 0.801. The number of hydrogen-bond donors (Lipinski definition) is 1. The van der Waals surface area contributed by atoms with E-state index in [-0.39, 0.29) is 11.4 Å². The van der Waals surface area contributed by atoms with Crippen LogP contribution in [0.2, 0.25) is 0 Å². The minimum atomic E-state index is -0.807. The second-order valence-electron chi connectivity index (χ2n) is 3.97. The van der Waals surface area contributed by atoms with E-state index in [2.05, 4.69) is 27.7 Å². The number of carbonyl (C=O) groups is 1. The summed E-state index contributed by atoms with van der Waals surface area (Å²) in [6.45, 7) is 4.00. The van der Waals surface area contributed by atoms with Gasteiger partial charge in [0.2, 0.25) is 0 Å². The standard InChI is InChI=1S/C15H9N3O.C2H6/c1-2-15(6-3-4-14-17-8-9-18-14)7-5-13(19)12(10-15)11-16;1-2/h1,5,7-10H,6H2,(H,17,18);1-2H3. The fourth-order valence-electron chi connectivity index (χ4n) is 1.64. The predicted molar refractivity (Wildman–Crippen MR) is 80.5 cm³/mol. The number of rotatable bonds is 1. The summed E-state index contributed by atoms with van der Waals surface area (Å²) in [5, 5.41) is 8.87. The van der Waals surface area contributed by atoms with E-state index in [0.29, 0.717) is 12.2 Å². The number of ketones is 1. The van der Waals surface area contributed by atoms with Gasteiger partial charge in [-0.05, 0) is 18.1 Å². The molecule has 0 amide bonds. The molecule has 4 nitrogen and oxygen atoms in total. The van der Waals surface area contributed by atoms with Crippen LogP contribution in [0.4, 0.5) is 0 Å². The Hall–Kier alpha value is -3.03. The van der Waals surface area contributed by atoms with Gasteiger partial charge in [-0.25, -0.2) is 4.98 Å². The highest BCUT2D eigenvalue weighted by Crippen LogP contribution is 2.29. The Kier molecular flexibility index (Phi) is 5.75. The number of carbonyl (C=O) groups excluding carboxylic acids is 1. The van der Waals surface area contributed by atoms with Crippen LogP contribution >= 0.6 is 0 Å². The third-order valence-electron chi connectivity index (χ3n) is 2.67. The van der Waals surface area contributed by atoms with Gasteiger partial charge in [-0.3, -0.25) is 4.79 Å². The summed E-state index contributed by atoms with van der Waals surface area (Å²) >= 11 is 0. The first kappa shape index (κ1) is 16.0. The predicted octanol–water partition coefficient (Wildman–Crippen LogP) is 2.39. The van der Waals surface area contributed by atoms with Gasteiger partial charge in [0.05, 0.1) is 11.0 Å². The van der Waals surface area contributed by atoms with Crippen LogP contribution in [0, 0.1) is 40.9 Å². The van der Waals surface area contributed by atoms with Gasteiger partial charge in [0, 0.05) is 18.8 Å². The normalized spacial score (nSPS) is 19.0. The van der Waals surface area contributed by atoms with Gasteiger partial charge >= 0.3 is 0 Å². The SMILES string of the molecule is C#CC1(CC#Cc2ncc[nH]2)C=CC(=O)C(C#N)=C1.CC. The first-order valence-electron chi connectivity index (χ1n) is 6.52. The van der Waals surface area contributed by atoms with Crippen molar-refractivity contribution in [2.24, 2.45) is 5.41 Å². The number of terminal acetylenes is 1. The average molecular weight is 277 g/mol. The minimum Gasteiger partial charge on any atom is -0.338 e. The van der Waals surface area contributed by atoms with Crippen LogP contribution in [-0.2, 0) is 4.79 Å². The van der Waals surface area contributed by atoms with Crippen LogP contribution in [-0.4, -0.2) is 15.8 Å². The maximum atomic E-state index is 11.4. The molecule has 1 atom stereocenters. The van der Waals surface area contributed by atoms with Crippen LogP contribution < -0.4 is 0 Å². The third-order valence-corrected chi connectivity index (χ3v) is 2.67. The zero-order chi connectivity index (χ0) is 15.7. The van der Waals surface area contributed by atoms with E-state index in [4.69, 9.17) is 11.7 Å². The summed E-state index contributed by atoms with van der Waals surface area (Å²) in [6, 6.07) is 1.84. The number of imidazole rings is 1. The number of nitrogens with zero attached hydrogens (tertiary/aromatic N) is 2. The van der Waals surface area contributed by atoms with Gasteiger partial charge in [-0.2, -0.15) is 5.26 Å². The molecule has 1 aliphatic rings. The maximum absolute atomic E-state index is 11.4. The number of aromatic amines is 1. The van der Waals surface area contributed by atoms with Gasteiger partial charge < -0.3 is 4.98 Å². The Morgan fingerprint density at radius 1 is 1.48 bits per heavy atom. The lowest BCUT2D eigenvalue weighted by Crippen LogP contribution is -2.18. The molecule has 0 saturated heterocycles. The maximum Gasteiger partial charge on any atom is 0.195 e. The van der Waals surface area contributed by atoms with Crippen LogP contribution in [0.25, 0.3) is 0 Å². The number of hydrogen-bond acceptors (Lipinski definition) is 3. The lowest BCUT2D eigenvalue weighted by atomic mass is 9.79. The molecule has 0 radical (unpaired) electrons. The Labute approximate surface area is 124 Å². The van der Waals surface area contributed by atoms with E-state index in [1.807, 2.05) is 19.9 Å². The number of aromatic nitrogens is 2. The first-order valence-corrected chi connectivity index (χ1v) is 6.52. The van der Waals surface area contributed by atoms with E-state index >= 15 is 0 Å². The van der Waals surface area contributed by atoms with Crippen molar-refractivity contribution in [1.82, 2.24) is 9.97 Å². The van der Waals surface area contributed by atoms with Crippen LogP contribution in [0.1, 0.15) is 26.1 Å². The number of nitrogens with one attached hydrogen (secondary N) is 1. The molecule has 21 heavy (non-hydrogen) atoms. The van der Waals surface area contributed by atoms with Crippen molar-refractivity contribution in [2.45, 2.75) is 20.3 Å². The van der Waals surface area contributed by atoms with Crippen molar-refractivity contribution in [3.8, 4) is 30.3 Å². The van der Waals surface area contributed by atoms with E-state index in [1.54, 1.807) is 18.5 Å². The molecule has 4 heteroatoms. The van der Waals surface area contributed by atoms with Crippen molar-refractivity contribution in [1.29, 1.82) is 5.26 Å². The second-order valence-corrected chi connectivity index (χ2v) is 3.97. The topological polar surface area (TPSA) is 69.5 Å². The molecule has 0 aliphatic heterocycles. The van der Waals surface area contributed by atoms with Gasteiger partial charge in [0.25, 0.3) is 0 Å². The van der Waals surface area contributed by atoms with E-state index in [1.165, 1.54) is 12.2 Å². The van der Waals surface area contributed by atoms with Crippen molar-refractivity contribution >= 4 is 5.78 Å². The molecule has 104 valence electrons. The van der Waals surface area contributed by atoms with Crippen LogP contribution in [0.5, 0.6) is 0 Å². The van der Waals surface area contributed by atoms with Gasteiger partial charge in [-0.15, -0.1) is 6.42 Å². The Balaban J connectivity index is 0.00000106. The number of H-pyrrole nitrogens is 1. The van der Waals surface area contributed by atoms with Crippen molar-refractivity contribution < 1.29 is 4.79 Å². The van der Waals surface area contributed by atoms with E-state index in [9.17, 15) is 4.79 Å². The van der Waals surface area contributed by atoms with Crippen molar-refractivity contribution in [3.63, 3.8) is 0 Å². The smallest absolute Gasteiger partial charge is 0.195 e. The molecule has 1 unspecified atom stereocenters. The molecule has 0 saturated carbocycles. The zero-order valence-corrected chi connectivity index (χ0v) is 12.0. The summed E-state index contributed by atoms with van der Waals surface area (Å²) in [6.07, 6.45) is 13.5. The highest BCUT2D eigenvalue weighted by atomic mass is 16.1. The molecule has 1 heterocycles. The molecular formula is C17H15N3O. The second kappa shape index (κ2) is 7.53. The Morgan fingerprint density at radius 3 is 2.81 bits per heavy atom. The summed E-state index contributed by atoms with van der Waals surface area (Å²) in [4.78, 5) is 18.2. The Bertz CT molecular complexity index is 700. The molecule has 1 aromatic heterocycles. The lowest BCUT2D eigenvalue weighted by molar-refractivity contribution is -0.111. The Morgan fingerprint density at radius 2 is 2.24 bits per heavy atom. The first-order chi connectivity index (χ1) is 10.2. The van der Waals surface area contributed by atoms with Gasteiger partial charge in [0.15, 0.2) is 11.6 Å². The van der Waals surface area contributed by atoms with Crippen molar-refractivity contribution in [2.75, 3.05) is 0 Å². The van der Waals surface area contributed by atoms with Crippen LogP contribution in [0.15, 0.2) is 36.2 Å². The van der Waals surface area contributed by atoms with Gasteiger partial charge in [0.1, 0.15) is 6.07 Å².